The van der Waals surface area contributed by atoms with Gasteiger partial charge >= 0.3 is 0 Å². The van der Waals surface area contributed by atoms with Crippen LogP contribution in [0, 0.1) is 0 Å². The Labute approximate surface area is 82.1 Å². The summed E-state index contributed by atoms with van der Waals surface area (Å²) in [7, 11) is 0. The third-order valence-electron chi connectivity index (χ3n) is 1.52. The number of carbonyl (C=O) groups is 1. The maximum absolute atomic E-state index is 10.3. The number of halogens is 1. The van der Waals surface area contributed by atoms with Crippen LogP contribution in [0.15, 0.2) is 27.4 Å². The van der Waals surface area contributed by atoms with Crippen molar-refractivity contribution in [1.82, 2.24) is 9.97 Å². The minimum absolute atomic E-state index is 0.433. The summed E-state index contributed by atoms with van der Waals surface area (Å²) >= 11 is 3.25. The second-order valence-corrected chi connectivity index (χ2v) is 3.35. The standard InChI is InChI=1S/C8H5BrN2O2/c9-5-1-7(13-4-5)8-10-2-6(3-12)11-8/h1-4H,(H,10,11). The van der Waals surface area contributed by atoms with Gasteiger partial charge in [0.2, 0.25) is 0 Å². The summed E-state index contributed by atoms with van der Waals surface area (Å²) < 4.78 is 5.99. The average Bonchev–Trinajstić information content (AvgIpc) is 2.71. The van der Waals surface area contributed by atoms with Crippen molar-refractivity contribution in [3.8, 4) is 11.6 Å². The average molecular weight is 241 g/mol. The van der Waals surface area contributed by atoms with E-state index in [-0.39, 0.29) is 0 Å². The van der Waals surface area contributed by atoms with E-state index in [1.165, 1.54) is 6.20 Å². The Kier molecular flexibility index (Phi) is 2.02. The molecule has 0 saturated heterocycles. The SMILES string of the molecule is O=Cc1cnc(-c2cc(Br)co2)[nH]1. The highest BCUT2D eigenvalue weighted by molar-refractivity contribution is 9.10. The van der Waals surface area contributed by atoms with Crippen molar-refractivity contribution in [3.05, 3.63) is 28.7 Å². The van der Waals surface area contributed by atoms with E-state index in [0.29, 0.717) is 23.6 Å². The monoisotopic (exact) mass is 240 g/mol. The number of rotatable bonds is 2. The van der Waals surface area contributed by atoms with Crippen LogP contribution in [0.2, 0.25) is 0 Å². The van der Waals surface area contributed by atoms with Crippen LogP contribution in [0.4, 0.5) is 0 Å². The van der Waals surface area contributed by atoms with Crippen LogP contribution in [0.25, 0.3) is 11.6 Å². The van der Waals surface area contributed by atoms with Gasteiger partial charge in [0.05, 0.1) is 16.4 Å². The van der Waals surface area contributed by atoms with E-state index in [2.05, 4.69) is 25.9 Å². The highest BCUT2D eigenvalue weighted by Gasteiger charge is 2.06. The molecular weight excluding hydrogens is 236 g/mol. The van der Waals surface area contributed by atoms with Gasteiger partial charge in [0.15, 0.2) is 17.9 Å². The van der Waals surface area contributed by atoms with Crippen LogP contribution in [-0.2, 0) is 0 Å². The van der Waals surface area contributed by atoms with Gasteiger partial charge in [0, 0.05) is 6.07 Å². The quantitative estimate of drug-likeness (QED) is 0.820. The lowest BCUT2D eigenvalue weighted by Crippen LogP contribution is -1.78. The molecule has 5 heteroatoms. The molecule has 66 valence electrons. The van der Waals surface area contributed by atoms with Crippen LogP contribution in [0.3, 0.4) is 0 Å². The number of nitrogens with one attached hydrogen (secondary N) is 1. The largest absolute Gasteiger partial charge is 0.460 e. The zero-order valence-electron chi connectivity index (χ0n) is 6.45. The van der Waals surface area contributed by atoms with Gasteiger partial charge in [-0.2, -0.15) is 0 Å². The Morgan fingerprint density at radius 2 is 2.46 bits per heavy atom. The number of hydrogen-bond donors (Lipinski definition) is 1. The molecule has 2 rings (SSSR count). The van der Waals surface area contributed by atoms with Gasteiger partial charge in [0.25, 0.3) is 0 Å². The van der Waals surface area contributed by atoms with E-state index in [1.807, 2.05) is 0 Å². The van der Waals surface area contributed by atoms with Crippen molar-refractivity contribution in [2.45, 2.75) is 0 Å². The Morgan fingerprint density at radius 3 is 3.00 bits per heavy atom. The summed E-state index contributed by atoms with van der Waals surface area (Å²) in [6.07, 6.45) is 3.71. The Balaban J connectivity index is 2.40. The molecule has 1 N–H and O–H groups in total. The number of furan rings is 1. The summed E-state index contributed by atoms with van der Waals surface area (Å²) in [5.41, 5.74) is 0.433. The molecule has 0 spiro atoms. The van der Waals surface area contributed by atoms with Crippen molar-refractivity contribution in [1.29, 1.82) is 0 Å². The molecule has 0 atom stereocenters. The number of carbonyl (C=O) groups excluding carboxylic acids is 1. The van der Waals surface area contributed by atoms with E-state index in [0.717, 1.165) is 4.47 Å². The smallest absolute Gasteiger partial charge is 0.174 e. The maximum atomic E-state index is 10.3. The van der Waals surface area contributed by atoms with Gasteiger partial charge in [-0.1, -0.05) is 0 Å². The summed E-state index contributed by atoms with van der Waals surface area (Å²) in [5.74, 6) is 1.15. The predicted molar refractivity (Wildman–Crippen MR) is 49.4 cm³/mol. The van der Waals surface area contributed by atoms with Crippen molar-refractivity contribution in [3.63, 3.8) is 0 Å². The molecule has 0 aliphatic heterocycles. The molecule has 2 heterocycles. The normalized spacial score (nSPS) is 10.2. The second kappa shape index (κ2) is 3.18. The number of aromatic amines is 1. The van der Waals surface area contributed by atoms with Crippen molar-refractivity contribution in [2.24, 2.45) is 0 Å². The molecular formula is C8H5BrN2O2. The van der Waals surface area contributed by atoms with Gasteiger partial charge in [-0.15, -0.1) is 0 Å². The lowest BCUT2D eigenvalue weighted by atomic mass is 10.4. The number of H-pyrrole nitrogens is 1. The summed E-state index contributed by atoms with van der Waals surface area (Å²) in [5, 5.41) is 0. The molecule has 0 amide bonds. The fourth-order valence-corrected chi connectivity index (χ4v) is 1.26. The number of aromatic nitrogens is 2. The van der Waals surface area contributed by atoms with Crippen LogP contribution in [-0.4, -0.2) is 16.3 Å². The molecule has 0 unspecified atom stereocenters. The van der Waals surface area contributed by atoms with Crippen molar-refractivity contribution in [2.75, 3.05) is 0 Å². The Bertz CT molecular complexity index is 433. The van der Waals surface area contributed by atoms with Gasteiger partial charge in [-0.3, -0.25) is 4.79 Å². The highest BCUT2D eigenvalue weighted by atomic mass is 79.9. The first kappa shape index (κ1) is 8.25. The van der Waals surface area contributed by atoms with Crippen LogP contribution in [0.5, 0.6) is 0 Å². The molecule has 0 radical (unpaired) electrons. The maximum Gasteiger partial charge on any atom is 0.174 e. The van der Waals surface area contributed by atoms with Crippen LogP contribution < -0.4 is 0 Å². The molecule has 0 fully saturated rings. The summed E-state index contributed by atoms with van der Waals surface area (Å²) in [6, 6.07) is 1.77. The van der Waals surface area contributed by atoms with Crippen LogP contribution in [0.1, 0.15) is 10.5 Å². The zero-order valence-corrected chi connectivity index (χ0v) is 8.04. The van der Waals surface area contributed by atoms with Gasteiger partial charge < -0.3 is 9.40 Å². The molecule has 4 nitrogen and oxygen atoms in total. The molecule has 2 aromatic heterocycles. The van der Waals surface area contributed by atoms with Crippen molar-refractivity contribution >= 4 is 22.2 Å². The molecule has 0 aromatic carbocycles. The topological polar surface area (TPSA) is 58.9 Å². The lowest BCUT2D eigenvalue weighted by Gasteiger charge is -1.86. The fraction of sp³-hybridized carbons (Fsp3) is 0. The third-order valence-corrected chi connectivity index (χ3v) is 1.94. The minimum atomic E-state index is 0.433. The summed E-state index contributed by atoms with van der Waals surface area (Å²) in [4.78, 5) is 17.1. The van der Waals surface area contributed by atoms with E-state index in [9.17, 15) is 4.79 Å². The van der Waals surface area contributed by atoms with Crippen molar-refractivity contribution < 1.29 is 9.21 Å². The summed E-state index contributed by atoms with van der Waals surface area (Å²) in [6.45, 7) is 0. The van der Waals surface area contributed by atoms with E-state index >= 15 is 0 Å². The number of nitrogens with zero attached hydrogens (tertiary/aromatic N) is 1. The van der Waals surface area contributed by atoms with Crippen LogP contribution >= 0.6 is 15.9 Å². The molecule has 13 heavy (non-hydrogen) atoms. The predicted octanol–water partition coefficient (Wildman–Crippen LogP) is 2.24. The molecule has 2 aromatic rings. The first-order valence-electron chi connectivity index (χ1n) is 3.54. The molecule has 0 bridgehead atoms. The first-order chi connectivity index (χ1) is 6.29. The zero-order chi connectivity index (χ0) is 9.26. The fourth-order valence-electron chi connectivity index (χ4n) is 0.958. The second-order valence-electron chi connectivity index (χ2n) is 2.43. The van der Waals surface area contributed by atoms with Gasteiger partial charge in [-0.25, -0.2) is 4.98 Å². The van der Waals surface area contributed by atoms with E-state index in [4.69, 9.17) is 4.42 Å². The minimum Gasteiger partial charge on any atom is -0.460 e. The lowest BCUT2D eigenvalue weighted by molar-refractivity contribution is 0.111. The first-order valence-corrected chi connectivity index (χ1v) is 4.33. The van der Waals surface area contributed by atoms with Gasteiger partial charge in [0.1, 0.15) is 6.26 Å². The Morgan fingerprint density at radius 1 is 1.62 bits per heavy atom. The number of hydrogen-bond acceptors (Lipinski definition) is 3. The number of imidazole rings is 1. The van der Waals surface area contributed by atoms with Gasteiger partial charge in [-0.05, 0) is 15.9 Å². The van der Waals surface area contributed by atoms with E-state index in [1.54, 1.807) is 12.3 Å². The molecule has 0 aliphatic carbocycles. The molecule has 0 saturated carbocycles. The molecule has 0 aliphatic rings. The Hall–Kier alpha value is -1.36. The third kappa shape index (κ3) is 1.55. The highest BCUT2D eigenvalue weighted by Crippen LogP contribution is 2.21. The number of aldehydes is 1. The van der Waals surface area contributed by atoms with E-state index < -0.39 is 0 Å².